The van der Waals surface area contributed by atoms with Crippen LogP contribution in [0.4, 0.5) is 0 Å². The van der Waals surface area contributed by atoms with Gasteiger partial charge in [0.15, 0.2) is 0 Å². The molecule has 96 valence electrons. The number of nitrogens with zero attached hydrogens (tertiary/aromatic N) is 2. The van der Waals surface area contributed by atoms with Crippen LogP contribution in [0.25, 0.3) is 0 Å². The Labute approximate surface area is 102 Å². The van der Waals surface area contributed by atoms with Crippen LogP contribution in [0, 0.1) is 0 Å². The summed E-state index contributed by atoms with van der Waals surface area (Å²) in [5.74, 6) is -0.266. The van der Waals surface area contributed by atoms with Gasteiger partial charge in [-0.3, -0.25) is 9.48 Å². The molecule has 0 bridgehead atoms. The first kappa shape index (κ1) is 13.7. The number of rotatable bonds is 6. The molecule has 2 atom stereocenters. The van der Waals surface area contributed by atoms with Gasteiger partial charge in [-0.15, -0.1) is 0 Å². The largest absolute Gasteiger partial charge is 0.469 e. The van der Waals surface area contributed by atoms with E-state index < -0.39 is 0 Å². The van der Waals surface area contributed by atoms with Crippen molar-refractivity contribution in [1.29, 1.82) is 0 Å². The van der Waals surface area contributed by atoms with Crippen LogP contribution < -0.4 is 5.73 Å². The first-order valence-corrected chi connectivity index (χ1v) is 5.98. The number of hydrogen-bond donors (Lipinski definition) is 1. The van der Waals surface area contributed by atoms with Crippen molar-refractivity contribution in [3.63, 3.8) is 0 Å². The van der Waals surface area contributed by atoms with E-state index in [4.69, 9.17) is 10.5 Å². The van der Waals surface area contributed by atoms with Crippen LogP contribution in [0.5, 0.6) is 0 Å². The molecule has 0 aliphatic carbocycles. The van der Waals surface area contributed by atoms with Crippen molar-refractivity contribution >= 4 is 5.97 Å². The van der Waals surface area contributed by atoms with E-state index >= 15 is 0 Å². The Morgan fingerprint density at radius 1 is 1.59 bits per heavy atom. The fourth-order valence-electron chi connectivity index (χ4n) is 1.94. The molecule has 0 spiro atoms. The zero-order valence-corrected chi connectivity index (χ0v) is 10.7. The Morgan fingerprint density at radius 2 is 2.29 bits per heavy atom. The summed E-state index contributed by atoms with van der Waals surface area (Å²) in [6.07, 6.45) is 2.86. The summed E-state index contributed by atoms with van der Waals surface area (Å²) < 4.78 is 6.60. The molecule has 5 heteroatoms. The lowest BCUT2D eigenvalue weighted by atomic mass is 9.91. The SMILES string of the molecule is CCC(N)C(CC(=O)OC)c1ccnn1CC. The fourth-order valence-corrected chi connectivity index (χ4v) is 1.94. The van der Waals surface area contributed by atoms with Gasteiger partial charge >= 0.3 is 5.97 Å². The lowest BCUT2D eigenvalue weighted by Crippen LogP contribution is -2.31. The smallest absolute Gasteiger partial charge is 0.306 e. The predicted molar refractivity (Wildman–Crippen MR) is 65.5 cm³/mol. The number of carbonyl (C=O) groups excluding carboxylic acids is 1. The molecule has 5 nitrogen and oxygen atoms in total. The predicted octanol–water partition coefficient (Wildman–Crippen LogP) is 1.29. The minimum atomic E-state index is -0.234. The van der Waals surface area contributed by atoms with Crippen LogP contribution in [0.1, 0.15) is 38.3 Å². The standard InChI is InChI=1S/C12H21N3O2/c1-4-10(13)9(8-12(16)17-3)11-6-7-14-15(11)5-2/h6-7,9-10H,4-5,8,13H2,1-3H3. The highest BCUT2D eigenvalue weighted by Crippen LogP contribution is 2.24. The number of nitrogens with two attached hydrogens (primary N) is 1. The van der Waals surface area contributed by atoms with Gasteiger partial charge in [0.05, 0.1) is 13.5 Å². The van der Waals surface area contributed by atoms with Gasteiger partial charge in [-0.05, 0) is 19.4 Å². The van der Waals surface area contributed by atoms with Crippen molar-refractivity contribution in [2.45, 2.75) is 45.2 Å². The lowest BCUT2D eigenvalue weighted by molar-refractivity contribution is -0.141. The van der Waals surface area contributed by atoms with Gasteiger partial charge in [-0.2, -0.15) is 5.10 Å². The van der Waals surface area contributed by atoms with Gasteiger partial charge in [0, 0.05) is 30.4 Å². The summed E-state index contributed by atoms with van der Waals surface area (Å²) in [4.78, 5) is 11.4. The van der Waals surface area contributed by atoms with E-state index in [0.29, 0.717) is 6.42 Å². The summed E-state index contributed by atoms with van der Waals surface area (Å²) in [7, 11) is 1.40. The number of hydrogen-bond acceptors (Lipinski definition) is 4. The zero-order chi connectivity index (χ0) is 12.8. The highest BCUT2D eigenvalue weighted by atomic mass is 16.5. The van der Waals surface area contributed by atoms with Crippen LogP contribution >= 0.6 is 0 Å². The van der Waals surface area contributed by atoms with Crippen LogP contribution in [0.3, 0.4) is 0 Å². The van der Waals surface area contributed by atoms with Gasteiger partial charge in [0.1, 0.15) is 0 Å². The lowest BCUT2D eigenvalue weighted by Gasteiger charge is -2.22. The third-order valence-electron chi connectivity index (χ3n) is 3.03. The van der Waals surface area contributed by atoms with E-state index in [1.165, 1.54) is 7.11 Å². The quantitative estimate of drug-likeness (QED) is 0.759. The Balaban J connectivity index is 2.93. The van der Waals surface area contributed by atoms with Crippen LogP contribution in [0.15, 0.2) is 12.3 Å². The highest BCUT2D eigenvalue weighted by Gasteiger charge is 2.25. The molecule has 1 rings (SSSR count). The van der Waals surface area contributed by atoms with Crippen molar-refractivity contribution in [2.75, 3.05) is 7.11 Å². The fraction of sp³-hybridized carbons (Fsp3) is 0.667. The molecule has 0 saturated carbocycles. The molecule has 2 unspecified atom stereocenters. The van der Waals surface area contributed by atoms with Gasteiger partial charge in [-0.25, -0.2) is 0 Å². The second kappa shape index (κ2) is 6.39. The maximum Gasteiger partial charge on any atom is 0.306 e. The van der Waals surface area contributed by atoms with Crippen LogP contribution in [-0.4, -0.2) is 28.9 Å². The Hall–Kier alpha value is -1.36. The molecule has 1 aromatic heterocycles. The van der Waals surface area contributed by atoms with Crippen molar-refractivity contribution in [2.24, 2.45) is 5.73 Å². The molecule has 1 heterocycles. The molecule has 0 saturated heterocycles. The minimum absolute atomic E-state index is 0.0325. The molecular weight excluding hydrogens is 218 g/mol. The summed E-state index contributed by atoms with van der Waals surface area (Å²) in [5.41, 5.74) is 7.09. The molecular formula is C12H21N3O2. The molecule has 0 aliphatic rings. The van der Waals surface area contributed by atoms with E-state index in [9.17, 15) is 4.79 Å². The number of aromatic nitrogens is 2. The number of methoxy groups -OCH3 is 1. The summed E-state index contributed by atoms with van der Waals surface area (Å²) in [5, 5.41) is 4.21. The van der Waals surface area contributed by atoms with Crippen LogP contribution in [-0.2, 0) is 16.1 Å². The van der Waals surface area contributed by atoms with Crippen molar-refractivity contribution in [3.8, 4) is 0 Å². The Kier molecular flexibility index (Phi) is 5.15. The highest BCUT2D eigenvalue weighted by molar-refractivity contribution is 5.70. The number of aryl methyl sites for hydroxylation is 1. The van der Waals surface area contributed by atoms with E-state index in [0.717, 1.165) is 18.7 Å². The summed E-state index contributed by atoms with van der Waals surface area (Å²) >= 11 is 0. The van der Waals surface area contributed by atoms with Gasteiger partial charge < -0.3 is 10.5 Å². The third-order valence-corrected chi connectivity index (χ3v) is 3.03. The molecule has 0 fully saturated rings. The van der Waals surface area contributed by atoms with Gasteiger partial charge in [0.2, 0.25) is 0 Å². The summed E-state index contributed by atoms with van der Waals surface area (Å²) in [6, 6.07) is 1.86. The molecule has 0 aromatic carbocycles. The van der Waals surface area contributed by atoms with Crippen molar-refractivity contribution in [1.82, 2.24) is 9.78 Å². The number of ether oxygens (including phenoxy) is 1. The number of esters is 1. The maximum absolute atomic E-state index is 11.4. The van der Waals surface area contributed by atoms with Gasteiger partial charge in [-0.1, -0.05) is 6.92 Å². The van der Waals surface area contributed by atoms with Crippen LogP contribution in [0.2, 0.25) is 0 Å². The normalized spacial score (nSPS) is 14.4. The molecule has 17 heavy (non-hydrogen) atoms. The zero-order valence-electron chi connectivity index (χ0n) is 10.7. The second-order valence-electron chi connectivity index (χ2n) is 4.03. The number of carbonyl (C=O) groups is 1. The minimum Gasteiger partial charge on any atom is -0.469 e. The second-order valence-corrected chi connectivity index (χ2v) is 4.03. The molecule has 0 aliphatic heterocycles. The van der Waals surface area contributed by atoms with E-state index in [2.05, 4.69) is 5.10 Å². The molecule has 0 radical (unpaired) electrons. The maximum atomic E-state index is 11.4. The van der Waals surface area contributed by atoms with Crippen molar-refractivity contribution < 1.29 is 9.53 Å². The van der Waals surface area contributed by atoms with Gasteiger partial charge in [0.25, 0.3) is 0 Å². The monoisotopic (exact) mass is 239 g/mol. The first-order valence-electron chi connectivity index (χ1n) is 5.98. The average molecular weight is 239 g/mol. The molecule has 0 amide bonds. The Morgan fingerprint density at radius 3 is 2.82 bits per heavy atom. The van der Waals surface area contributed by atoms with E-state index in [1.807, 2.05) is 24.6 Å². The van der Waals surface area contributed by atoms with E-state index in [-0.39, 0.29) is 17.9 Å². The topological polar surface area (TPSA) is 70.1 Å². The molecule has 2 N–H and O–H groups in total. The molecule has 1 aromatic rings. The third kappa shape index (κ3) is 3.30. The average Bonchev–Trinajstić information content (AvgIpc) is 2.82. The van der Waals surface area contributed by atoms with Crippen molar-refractivity contribution in [3.05, 3.63) is 18.0 Å². The Bertz CT molecular complexity index is 362. The summed E-state index contributed by atoms with van der Waals surface area (Å²) in [6.45, 7) is 4.81. The first-order chi connectivity index (χ1) is 8.13. The van der Waals surface area contributed by atoms with E-state index in [1.54, 1.807) is 6.20 Å².